The Bertz CT molecular complexity index is 557. The second-order valence-corrected chi connectivity index (χ2v) is 6.14. The highest BCUT2D eigenvalue weighted by Crippen LogP contribution is 2.17. The van der Waals surface area contributed by atoms with Crippen LogP contribution in [0.15, 0.2) is 30.3 Å². The quantitative estimate of drug-likeness (QED) is 0.712. The molecule has 0 saturated heterocycles. The second-order valence-electron chi connectivity index (χ2n) is 6.14. The molecule has 1 rings (SSSR count). The van der Waals surface area contributed by atoms with Gasteiger partial charge in [-0.25, -0.2) is 4.79 Å². The fraction of sp³-hybridized carbons (Fsp3) is 0.500. The van der Waals surface area contributed by atoms with Gasteiger partial charge in [-0.2, -0.15) is 0 Å². The lowest BCUT2D eigenvalue weighted by molar-refractivity contribution is -0.145. The van der Waals surface area contributed by atoms with E-state index in [1.54, 1.807) is 0 Å². The maximum Gasteiger partial charge on any atom is 0.328 e. The summed E-state index contributed by atoms with van der Waals surface area (Å²) in [5.74, 6) is -0.764. The van der Waals surface area contributed by atoms with E-state index in [9.17, 15) is 14.4 Å². The van der Waals surface area contributed by atoms with Crippen molar-refractivity contribution in [3.63, 3.8) is 0 Å². The van der Waals surface area contributed by atoms with Crippen molar-refractivity contribution in [3.05, 3.63) is 35.9 Å². The average Bonchev–Trinajstić information content (AvgIpc) is 2.52. The Morgan fingerprint density at radius 2 is 1.71 bits per heavy atom. The Labute approximate surface area is 143 Å². The molecule has 0 heterocycles. The van der Waals surface area contributed by atoms with Gasteiger partial charge in [-0.1, -0.05) is 44.2 Å². The fourth-order valence-corrected chi connectivity index (χ4v) is 2.45. The molecule has 6 heteroatoms. The topological polar surface area (TPSA) is 84.5 Å². The summed E-state index contributed by atoms with van der Waals surface area (Å²) in [7, 11) is 1.30. The zero-order chi connectivity index (χ0) is 18.1. The molecule has 2 N–H and O–H groups in total. The first-order valence-electron chi connectivity index (χ1n) is 8.02. The lowest BCUT2D eigenvalue weighted by Gasteiger charge is -2.21. The zero-order valence-corrected chi connectivity index (χ0v) is 14.7. The van der Waals surface area contributed by atoms with Gasteiger partial charge in [-0.15, -0.1) is 0 Å². The third kappa shape index (κ3) is 6.81. The van der Waals surface area contributed by atoms with Crippen LogP contribution < -0.4 is 10.6 Å². The first kappa shape index (κ1) is 19.7. The molecular formula is C18H26N2O4. The normalized spacial score (nSPS) is 13.0. The van der Waals surface area contributed by atoms with E-state index in [0.29, 0.717) is 6.42 Å². The molecule has 0 fully saturated rings. The van der Waals surface area contributed by atoms with Crippen LogP contribution in [-0.4, -0.2) is 30.9 Å². The summed E-state index contributed by atoms with van der Waals surface area (Å²) in [6, 6.07) is 8.12. The molecule has 2 atom stereocenters. The molecule has 24 heavy (non-hydrogen) atoms. The van der Waals surface area contributed by atoms with Crippen molar-refractivity contribution in [1.29, 1.82) is 0 Å². The van der Waals surface area contributed by atoms with Crippen molar-refractivity contribution in [2.24, 2.45) is 5.92 Å². The van der Waals surface area contributed by atoms with Gasteiger partial charge < -0.3 is 15.4 Å². The van der Waals surface area contributed by atoms with Gasteiger partial charge >= 0.3 is 5.97 Å². The Morgan fingerprint density at radius 3 is 2.21 bits per heavy atom. The SMILES string of the molecule is COC(=O)[C@H](CC(C)C)NC(=O)CC(NC(C)=O)c1ccccc1. The molecule has 0 bridgehead atoms. The van der Waals surface area contributed by atoms with Gasteiger partial charge in [-0.05, 0) is 17.9 Å². The van der Waals surface area contributed by atoms with Gasteiger partial charge in [-0.3, -0.25) is 9.59 Å². The van der Waals surface area contributed by atoms with Crippen molar-refractivity contribution in [2.75, 3.05) is 7.11 Å². The van der Waals surface area contributed by atoms with E-state index >= 15 is 0 Å². The fourth-order valence-electron chi connectivity index (χ4n) is 2.45. The molecule has 0 aromatic heterocycles. The summed E-state index contributed by atoms with van der Waals surface area (Å²) in [6.45, 7) is 5.34. The van der Waals surface area contributed by atoms with Crippen molar-refractivity contribution in [2.45, 2.75) is 45.7 Å². The zero-order valence-electron chi connectivity index (χ0n) is 14.7. The number of carbonyl (C=O) groups excluding carboxylic acids is 3. The van der Waals surface area contributed by atoms with Gasteiger partial charge in [0, 0.05) is 6.92 Å². The van der Waals surface area contributed by atoms with Crippen LogP contribution >= 0.6 is 0 Å². The summed E-state index contributed by atoms with van der Waals surface area (Å²) in [6.07, 6.45) is 0.545. The number of rotatable bonds is 8. The highest BCUT2D eigenvalue weighted by molar-refractivity contribution is 5.85. The Hall–Kier alpha value is -2.37. The molecule has 6 nitrogen and oxygen atoms in total. The Balaban J connectivity index is 2.79. The number of hydrogen-bond donors (Lipinski definition) is 2. The third-order valence-electron chi connectivity index (χ3n) is 3.50. The molecule has 0 aliphatic carbocycles. The highest BCUT2D eigenvalue weighted by Gasteiger charge is 2.24. The van der Waals surface area contributed by atoms with E-state index in [-0.39, 0.29) is 24.2 Å². The molecule has 0 aliphatic rings. The predicted octanol–water partition coefficient (Wildman–Crippen LogP) is 1.96. The van der Waals surface area contributed by atoms with E-state index in [4.69, 9.17) is 4.74 Å². The van der Waals surface area contributed by atoms with Gasteiger partial charge in [0.25, 0.3) is 0 Å². The maximum absolute atomic E-state index is 12.4. The minimum Gasteiger partial charge on any atom is -0.467 e. The van der Waals surface area contributed by atoms with E-state index in [0.717, 1.165) is 5.56 Å². The molecule has 0 aliphatic heterocycles. The lowest BCUT2D eigenvalue weighted by Crippen LogP contribution is -2.43. The summed E-state index contributed by atoms with van der Waals surface area (Å²) >= 11 is 0. The molecule has 2 amide bonds. The number of nitrogens with one attached hydrogen (secondary N) is 2. The molecule has 0 saturated carbocycles. The second kappa shape index (κ2) is 9.70. The van der Waals surface area contributed by atoms with Gasteiger partial charge in [0.05, 0.1) is 19.6 Å². The van der Waals surface area contributed by atoms with Crippen LogP contribution in [0.25, 0.3) is 0 Å². The van der Waals surface area contributed by atoms with Gasteiger partial charge in [0.1, 0.15) is 6.04 Å². The molecule has 1 unspecified atom stereocenters. The standard InChI is InChI=1S/C18H26N2O4/c1-12(2)10-16(18(23)24-4)20-17(22)11-15(19-13(3)21)14-8-6-5-7-9-14/h5-9,12,15-16H,10-11H2,1-4H3,(H,19,21)(H,20,22)/t15?,16-/m0/s1. The minimum absolute atomic E-state index is 0.0508. The van der Waals surface area contributed by atoms with E-state index < -0.39 is 18.1 Å². The number of benzene rings is 1. The van der Waals surface area contributed by atoms with Gasteiger partial charge in [0.15, 0.2) is 0 Å². The monoisotopic (exact) mass is 334 g/mol. The van der Waals surface area contributed by atoms with Crippen LogP contribution in [0.2, 0.25) is 0 Å². The van der Waals surface area contributed by atoms with Crippen LogP contribution in [0.4, 0.5) is 0 Å². The summed E-state index contributed by atoms with van der Waals surface area (Å²) in [5.41, 5.74) is 0.835. The van der Waals surface area contributed by atoms with Crippen LogP contribution in [0.1, 0.15) is 45.2 Å². The molecule has 132 valence electrons. The van der Waals surface area contributed by atoms with E-state index in [1.807, 2.05) is 44.2 Å². The minimum atomic E-state index is -0.684. The number of hydrogen-bond acceptors (Lipinski definition) is 4. The molecule has 1 aromatic rings. The van der Waals surface area contributed by atoms with Crippen molar-refractivity contribution in [3.8, 4) is 0 Å². The summed E-state index contributed by atoms with van der Waals surface area (Å²) in [5, 5.41) is 5.48. The van der Waals surface area contributed by atoms with E-state index in [2.05, 4.69) is 10.6 Å². The summed E-state index contributed by atoms with van der Waals surface area (Å²) in [4.78, 5) is 35.6. The highest BCUT2D eigenvalue weighted by atomic mass is 16.5. The summed E-state index contributed by atoms with van der Waals surface area (Å²) < 4.78 is 4.74. The van der Waals surface area contributed by atoms with Crippen LogP contribution in [0.5, 0.6) is 0 Å². The molecule has 0 radical (unpaired) electrons. The predicted molar refractivity (Wildman–Crippen MR) is 91.0 cm³/mol. The number of esters is 1. The maximum atomic E-state index is 12.4. The Morgan fingerprint density at radius 1 is 1.08 bits per heavy atom. The van der Waals surface area contributed by atoms with Gasteiger partial charge in [0.2, 0.25) is 11.8 Å². The number of ether oxygens (including phenoxy) is 1. The van der Waals surface area contributed by atoms with E-state index in [1.165, 1.54) is 14.0 Å². The van der Waals surface area contributed by atoms with Crippen LogP contribution in [0.3, 0.4) is 0 Å². The molecule has 0 spiro atoms. The van der Waals surface area contributed by atoms with Crippen LogP contribution in [-0.2, 0) is 19.1 Å². The number of carbonyl (C=O) groups is 3. The average molecular weight is 334 g/mol. The number of amides is 2. The van der Waals surface area contributed by atoms with Crippen molar-refractivity contribution >= 4 is 17.8 Å². The first-order chi connectivity index (χ1) is 11.3. The molecular weight excluding hydrogens is 308 g/mol. The van der Waals surface area contributed by atoms with Crippen LogP contribution in [0, 0.1) is 5.92 Å². The smallest absolute Gasteiger partial charge is 0.328 e. The lowest BCUT2D eigenvalue weighted by atomic mass is 10.0. The first-order valence-corrected chi connectivity index (χ1v) is 8.02. The third-order valence-corrected chi connectivity index (χ3v) is 3.50. The molecule has 1 aromatic carbocycles. The van der Waals surface area contributed by atoms with Crippen molar-refractivity contribution in [1.82, 2.24) is 10.6 Å². The number of methoxy groups -OCH3 is 1. The Kier molecular flexibility index (Phi) is 7.95. The largest absolute Gasteiger partial charge is 0.467 e. The van der Waals surface area contributed by atoms with Crippen molar-refractivity contribution < 1.29 is 19.1 Å².